The Morgan fingerprint density at radius 2 is 1.75 bits per heavy atom. The van der Waals surface area contributed by atoms with Gasteiger partial charge in [0.2, 0.25) is 0 Å². The molecule has 0 aliphatic heterocycles. The van der Waals surface area contributed by atoms with Crippen LogP contribution >= 0.6 is 14.5 Å². The molecule has 8 heavy (non-hydrogen) atoms. The minimum absolute atomic E-state index is 1.00. The molecule has 0 spiro atoms. The average molecular weight is 341 g/mol. The summed E-state index contributed by atoms with van der Waals surface area (Å²) in [6.45, 7) is 7.65. The fraction of sp³-hybridized carbons (Fsp3) is 0.800. The Labute approximate surface area is 66.5 Å². The molecule has 0 rings (SSSR count). The van der Waals surface area contributed by atoms with Gasteiger partial charge < -0.3 is 0 Å². The van der Waals surface area contributed by atoms with Gasteiger partial charge in [-0.3, -0.25) is 0 Å². The van der Waals surface area contributed by atoms with Gasteiger partial charge in [-0.1, -0.05) is 20.3 Å². The van der Waals surface area contributed by atoms with Crippen LogP contribution in [-0.2, 0) is 21.2 Å². The summed E-state index contributed by atoms with van der Waals surface area (Å²) in [6, 6.07) is 0. The number of hydrogen-bond acceptors (Lipinski definition) is 0. The summed E-state index contributed by atoms with van der Waals surface area (Å²) >= 11 is -1.45. The largest absolute Gasteiger partial charge is 0.0654 e. The summed E-state index contributed by atoms with van der Waals surface area (Å²) < 4.78 is 1.27. The molecule has 0 aliphatic carbocycles. The van der Waals surface area contributed by atoms with Crippen molar-refractivity contribution in [3.63, 3.8) is 0 Å². The van der Waals surface area contributed by atoms with Crippen LogP contribution in [0.15, 0.2) is 0 Å². The molecule has 0 saturated carbocycles. The van der Waals surface area contributed by atoms with Gasteiger partial charge in [0, 0.05) is 0 Å². The van der Waals surface area contributed by atoms with Gasteiger partial charge in [-0.15, -0.1) is 0 Å². The van der Waals surface area contributed by atoms with E-state index < -0.39 is 21.2 Å². The first-order valence-corrected chi connectivity index (χ1v) is 24.1. The first-order chi connectivity index (χ1) is 3.68. The Bertz CT molecular complexity index is 33.6. The van der Waals surface area contributed by atoms with Gasteiger partial charge in [-0.2, -0.15) is 0 Å². The van der Waals surface area contributed by atoms with Crippen molar-refractivity contribution < 1.29 is 21.2 Å². The smallest absolute Gasteiger partial charge is 0.0536 e. The molecule has 48 valence electrons. The fourth-order valence-corrected chi connectivity index (χ4v) is 0. The second kappa shape index (κ2) is 11.5. The third-order valence-corrected chi connectivity index (χ3v) is 12.6. The fourth-order valence-electron chi connectivity index (χ4n) is 0. The third-order valence-electron chi connectivity index (χ3n) is 0.478. The van der Waals surface area contributed by atoms with Crippen molar-refractivity contribution in [3.8, 4) is 0 Å². The first kappa shape index (κ1) is 12.3. The standard InChI is InChI=1S/C3H7.C2H5.ClH.Hg.H2P/c1-3-2;1-2;;;/h1,3H2,2H3;1H2,2H3;1H;;1H2/q;;;+2;-1/p-1. The summed E-state index contributed by atoms with van der Waals surface area (Å²) in [4.78, 5) is 0. The normalized spacial score (nSPS) is 7.12. The van der Waals surface area contributed by atoms with Crippen molar-refractivity contribution in [2.75, 3.05) is 0 Å². The van der Waals surface area contributed by atoms with Crippen LogP contribution < -0.4 is 0 Å². The zero-order valence-corrected chi connectivity index (χ0v) is 13.2. The maximum absolute atomic E-state index is 5.66. The van der Waals surface area contributed by atoms with E-state index in [9.17, 15) is 0 Å². The van der Waals surface area contributed by atoms with Gasteiger partial charge in [-0.05, 0) is 0 Å². The van der Waals surface area contributed by atoms with E-state index in [0.29, 0.717) is 0 Å². The van der Waals surface area contributed by atoms with Crippen LogP contribution in [0.2, 0.25) is 3.93 Å². The average Bonchev–Trinajstić information content (AvgIpc) is 1.69. The van der Waals surface area contributed by atoms with Crippen LogP contribution in [0.25, 0.3) is 0 Å². The Hall–Kier alpha value is 1.66. The molecule has 0 aliphatic rings. The van der Waals surface area contributed by atoms with Gasteiger partial charge >= 0.3 is 46.6 Å². The van der Waals surface area contributed by atoms with Gasteiger partial charge in [0.15, 0.2) is 0 Å². The molecule has 3 heteroatoms. The summed E-state index contributed by atoms with van der Waals surface area (Å²) in [7, 11) is 5.66. The predicted octanol–water partition coefficient (Wildman–Crippen LogP) is 3.22. The summed E-state index contributed by atoms with van der Waals surface area (Å²) in [6.07, 6.45) is 3.73. The van der Waals surface area contributed by atoms with E-state index in [2.05, 4.69) is 20.1 Å². The first-order valence-electron chi connectivity index (χ1n) is 3.09. The molecule has 1 atom stereocenters. The van der Waals surface area contributed by atoms with Crippen molar-refractivity contribution in [2.45, 2.75) is 24.2 Å². The van der Waals surface area contributed by atoms with E-state index in [4.69, 9.17) is 8.25 Å². The molecule has 0 N–H and O–H groups in total. The van der Waals surface area contributed by atoms with Crippen LogP contribution in [0.3, 0.4) is 0 Å². The maximum Gasteiger partial charge on any atom is -0.0536 e. The van der Waals surface area contributed by atoms with Gasteiger partial charge in [0.25, 0.3) is 0 Å². The minimum Gasteiger partial charge on any atom is -0.0654 e. The van der Waals surface area contributed by atoms with E-state index in [1.54, 1.807) is 0 Å². The van der Waals surface area contributed by atoms with E-state index in [-0.39, 0.29) is 0 Å². The molecule has 1 unspecified atom stereocenters. The Kier molecular flexibility index (Phi) is 17.7. The molecule has 0 nitrogen and oxygen atoms in total. The van der Waals surface area contributed by atoms with Gasteiger partial charge in [0.1, 0.15) is 0 Å². The maximum atomic E-state index is 5.66. The summed E-state index contributed by atoms with van der Waals surface area (Å²) in [5, 5.41) is 0. The van der Waals surface area contributed by atoms with Crippen LogP contribution in [0, 0.1) is 6.92 Å². The number of hydrogen-bond donors (Lipinski definition) is 0. The second-order valence-corrected chi connectivity index (χ2v) is 29.6. The molecule has 0 bridgehead atoms. The van der Waals surface area contributed by atoms with E-state index >= 15 is 0 Å². The molecule has 0 heterocycles. The molecule has 0 aromatic carbocycles. The molecular formula is C5H14ClHgP. The zero-order chi connectivity index (χ0) is 6.99. The van der Waals surface area contributed by atoms with E-state index in [1.165, 1.54) is 3.93 Å². The number of halogens is 1. The number of rotatable bonds is 1. The van der Waals surface area contributed by atoms with Crippen molar-refractivity contribution in [3.05, 3.63) is 6.92 Å². The predicted molar refractivity (Wildman–Crippen MR) is 41.7 cm³/mol. The Morgan fingerprint density at radius 1 is 1.62 bits per heavy atom. The molecule has 0 aromatic heterocycles. The SMILES string of the molecule is C[CH2][Hg]([PH2])[Cl].[CH2]CC. The van der Waals surface area contributed by atoms with Crippen LogP contribution in [0.1, 0.15) is 20.3 Å². The monoisotopic (exact) mass is 342 g/mol. The Balaban J connectivity index is 0. The molecule has 0 amide bonds. The van der Waals surface area contributed by atoms with E-state index in [1.807, 2.05) is 6.92 Å². The minimum atomic E-state index is -1.45. The molecule has 1 radical (unpaired) electrons. The third kappa shape index (κ3) is 25.4. The molecule has 0 saturated heterocycles. The quantitative estimate of drug-likeness (QED) is 0.508. The zero-order valence-electron chi connectivity index (χ0n) is 5.78. The summed E-state index contributed by atoms with van der Waals surface area (Å²) in [5.74, 6) is 0. The topological polar surface area (TPSA) is 0 Å². The van der Waals surface area contributed by atoms with Crippen molar-refractivity contribution in [2.24, 2.45) is 0 Å². The summed E-state index contributed by atoms with van der Waals surface area (Å²) in [5.41, 5.74) is 0. The van der Waals surface area contributed by atoms with Crippen molar-refractivity contribution in [1.82, 2.24) is 0 Å². The molecular weight excluding hydrogens is 327 g/mol. The van der Waals surface area contributed by atoms with Crippen molar-refractivity contribution in [1.29, 1.82) is 0 Å². The molecule has 0 fully saturated rings. The second-order valence-electron chi connectivity index (χ2n) is 1.63. The van der Waals surface area contributed by atoms with Gasteiger partial charge in [0.05, 0.1) is 0 Å². The van der Waals surface area contributed by atoms with Crippen LogP contribution in [-0.4, -0.2) is 0 Å². The van der Waals surface area contributed by atoms with Crippen LogP contribution in [0.4, 0.5) is 0 Å². The van der Waals surface area contributed by atoms with Crippen LogP contribution in [0.5, 0.6) is 0 Å². The van der Waals surface area contributed by atoms with Crippen molar-refractivity contribution >= 4 is 14.5 Å². The van der Waals surface area contributed by atoms with Gasteiger partial charge in [-0.25, -0.2) is 0 Å². The van der Waals surface area contributed by atoms with E-state index in [0.717, 1.165) is 6.42 Å². The Morgan fingerprint density at radius 3 is 1.75 bits per heavy atom. The molecule has 0 aromatic rings.